The monoisotopic (exact) mass is 570 g/mol. The Balaban J connectivity index is 1.28. The molecule has 0 atom stereocenters. The van der Waals surface area contributed by atoms with Crippen LogP contribution in [0.1, 0.15) is 21.5 Å². The van der Waals surface area contributed by atoms with Crippen LogP contribution < -0.4 is 29.7 Å². The molecule has 0 radical (unpaired) electrons. The summed E-state index contributed by atoms with van der Waals surface area (Å²) in [5, 5.41) is 6.00. The number of aryl methyl sites for hydroxylation is 2. The maximum Gasteiger partial charge on any atom is 0.262 e. The quantitative estimate of drug-likeness (QED) is 0.298. The van der Waals surface area contributed by atoms with Gasteiger partial charge in [0.1, 0.15) is 17.1 Å². The normalized spacial score (nSPS) is 14.5. The van der Waals surface area contributed by atoms with Crippen molar-refractivity contribution in [1.82, 2.24) is 14.9 Å². The number of aromatic nitrogens is 2. The zero-order valence-corrected chi connectivity index (χ0v) is 23.6. The van der Waals surface area contributed by atoms with Crippen LogP contribution in [0.3, 0.4) is 0 Å². The number of hydrogen-bond donors (Lipinski definition) is 2. The third-order valence-corrected chi connectivity index (χ3v) is 7.32. The lowest BCUT2D eigenvalue weighted by Crippen LogP contribution is -2.44. The number of amides is 1. The third kappa shape index (κ3) is 5.77. The molecule has 42 heavy (non-hydrogen) atoms. The molecule has 2 aliphatic heterocycles. The number of carbonyl (C=O) groups excluding carboxylic acids is 1. The number of carbonyl (C=O) groups is 1. The van der Waals surface area contributed by atoms with Crippen LogP contribution in [0.2, 0.25) is 0 Å². The number of nitrogens with one attached hydrogen (secondary N) is 2. The summed E-state index contributed by atoms with van der Waals surface area (Å²) in [6, 6.07) is 15.8. The van der Waals surface area contributed by atoms with Crippen molar-refractivity contribution >= 4 is 28.9 Å². The summed E-state index contributed by atoms with van der Waals surface area (Å²) in [6.07, 6.45) is 1.38. The van der Waals surface area contributed by atoms with E-state index in [1.54, 1.807) is 30.3 Å². The molecular formula is C31H31FN6O4. The van der Waals surface area contributed by atoms with Crippen LogP contribution in [-0.2, 0) is 0 Å². The van der Waals surface area contributed by atoms with E-state index in [9.17, 15) is 4.79 Å². The Bertz CT molecular complexity index is 1620. The number of nitrogens with zero attached hydrogens (tertiary/aromatic N) is 4. The maximum absolute atomic E-state index is 15.1. The van der Waals surface area contributed by atoms with Crippen molar-refractivity contribution in [2.24, 2.45) is 0 Å². The molecule has 0 unspecified atom stereocenters. The number of fused-ring (bicyclic) bond motifs is 1. The van der Waals surface area contributed by atoms with Gasteiger partial charge in [0.25, 0.3) is 5.91 Å². The van der Waals surface area contributed by atoms with E-state index in [1.165, 1.54) is 12.3 Å². The van der Waals surface area contributed by atoms with Crippen molar-refractivity contribution in [3.8, 4) is 23.1 Å². The predicted octanol–water partition coefficient (Wildman–Crippen LogP) is 5.50. The summed E-state index contributed by atoms with van der Waals surface area (Å²) in [4.78, 5) is 26.5. The van der Waals surface area contributed by atoms with E-state index in [4.69, 9.17) is 14.2 Å². The van der Waals surface area contributed by atoms with E-state index in [0.29, 0.717) is 34.3 Å². The van der Waals surface area contributed by atoms with Crippen LogP contribution >= 0.6 is 0 Å². The number of anilines is 4. The van der Waals surface area contributed by atoms with E-state index >= 15 is 4.39 Å². The first kappa shape index (κ1) is 27.3. The maximum atomic E-state index is 15.1. The fraction of sp³-hybridized carbons (Fsp3) is 0.258. The second-order valence-corrected chi connectivity index (χ2v) is 10.3. The molecule has 1 aromatic heterocycles. The summed E-state index contributed by atoms with van der Waals surface area (Å²) in [5.41, 5.74) is 3.69. The van der Waals surface area contributed by atoms with Crippen LogP contribution in [0.5, 0.6) is 23.1 Å². The lowest BCUT2D eigenvalue weighted by molar-refractivity contribution is 0.102. The highest BCUT2D eigenvalue weighted by molar-refractivity contribution is 6.06. The SMILES string of the molecule is Cc1cccc(C)c1NC(=O)c1cnc(Nc2ccc(N3CCN(C)CC3)c(F)c2)nc1Oc1ccc2c(c1)OCO2. The van der Waals surface area contributed by atoms with Crippen LogP contribution in [0, 0.1) is 19.7 Å². The lowest BCUT2D eigenvalue weighted by atomic mass is 10.1. The number of rotatable bonds is 7. The van der Waals surface area contributed by atoms with Crippen LogP contribution in [0.15, 0.2) is 60.8 Å². The molecule has 10 nitrogen and oxygen atoms in total. The first-order valence-electron chi connectivity index (χ1n) is 13.7. The summed E-state index contributed by atoms with van der Waals surface area (Å²) < 4.78 is 32.1. The van der Waals surface area contributed by atoms with Gasteiger partial charge in [-0.3, -0.25) is 4.79 Å². The third-order valence-electron chi connectivity index (χ3n) is 7.32. The molecule has 1 fully saturated rings. The topological polar surface area (TPSA) is 101 Å². The van der Waals surface area contributed by atoms with Gasteiger partial charge in [0.2, 0.25) is 18.6 Å². The molecule has 0 saturated carbocycles. The minimum absolute atomic E-state index is 0.0182. The molecule has 2 aliphatic rings. The average molecular weight is 571 g/mol. The largest absolute Gasteiger partial charge is 0.454 e. The number of ether oxygens (including phenoxy) is 3. The Kier molecular flexibility index (Phi) is 7.49. The molecule has 4 aromatic rings. The van der Waals surface area contributed by atoms with Gasteiger partial charge in [-0.15, -0.1) is 0 Å². The zero-order chi connectivity index (χ0) is 29.2. The Labute approximate surface area is 243 Å². The van der Waals surface area contributed by atoms with E-state index in [1.807, 2.05) is 36.9 Å². The highest BCUT2D eigenvalue weighted by atomic mass is 19.1. The van der Waals surface area contributed by atoms with Crippen molar-refractivity contribution in [1.29, 1.82) is 0 Å². The number of halogens is 1. The number of para-hydroxylation sites is 1. The summed E-state index contributed by atoms with van der Waals surface area (Å²) in [5.74, 6) is 0.904. The first-order chi connectivity index (χ1) is 20.3. The summed E-state index contributed by atoms with van der Waals surface area (Å²) in [7, 11) is 2.06. The highest BCUT2D eigenvalue weighted by Crippen LogP contribution is 2.37. The molecule has 0 aliphatic carbocycles. The van der Waals surface area contributed by atoms with Gasteiger partial charge in [-0.25, -0.2) is 9.37 Å². The molecule has 3 aromatic carbocycles. The van der Waals surface area contributed by atoms with E-state index in [2.05, 4.69) is 32.5 Å². The Morgan fingerprint density at radius 2 is 1.74 bits per heavy atom. The van der Waals surface area contributed by atoms with Crippen molar-refractivity contribution in [3.05, 3.63) is 83.3 Å². The lowest BCUT2D eigenvalue weighted by Gasteiger charge is -2.34. The van der Waals surface area contributed by atoms with Gasteiger partial charge in [-0.1, -0.05) is 18.2 Å². The number of likely N-dealkylation sites (N-methyl/N-ethyl adjacent to an activating group) is 1. The average Bonchev–Trinajstić information content (AvgIpc) is 3.44. The fourth-order valence-corrected chi connectivity index (χ4v) is 4.92. The van der Waals surface area contributed by atoms with Gasteiger partial charge in [0, 0.05) is 49.8 Å². The highest BCUT2D eigenvalue weighted by Gasteiger charge is 2.22. The van der Waals surface area contributed by atoms with Gasteiger partial charge in [0.15, 0.2) is 11.5 Å². The van der Waals surface area contributed by atoms with Gasteiger partial charge in [-0.05, 0) is 62.4 Å². The molecule has 0 spiro atoms. The second-order valence-electron chi connectivity index (χ2n) is 10.3. The van der Waals surface area contributed by atoms with E-state index in [-0.39, 0.29) is 30.0 Å². The molecular weight excluding hydrogens is 539 g/mol. The van der Waals surface area contributed by atoms with Gasteiger partial charge in [-0.2, -0.15) is 4.98 Å². The van der Waals surface area contributed by atoms with Crippen LogP contribution in [0.25, 0.3) is 0 Å². The Morgan fingerprint density at radius 3 is 2.50 bits per heavy atom. The van der Waals surface area contributed by atoms with E-state index < -0.39 is 5.91 Å². The van der Waals surface area contributed by atoms with E-state index in [0.717, 1.165) is 37.3 Å². The minimum atomic E-state index is -0.433. The molecule has 2 N–H and O–H groups in total. The minimum Gasteiger partial charge on any atom is -0.454 e. The zero-order valence-electron chi connectivity index (χ0n) is 23.6. The number of benzene rings is 3. The number of hydrogen-bond acceptors (Lipinski definition) is 9. The second kappa shape index (κ2) is 11.5. The van der Waals surface area contributed by atoms with Crippen LogP contribution in [-0.4, -0.2) is 60.8 Å². The molecule has 0 bridgehead atoms. The summed E-state index contributed by atoms with van der Waals surface area (Å²) >= 11 is 0. The first-order valence-corrected chi connectivity index (χ1v) is 13.7. The molecule has 1 saturated heterocycles. The van der Waals surface area contributed by atoms with Crippen molar-refractivity contribution in [2.75, 3.05) is 55.6 Å². The molecule has 3 heterocycles. The predicted molar refractivity (Wildman–Crippen MR) is 158 cm³/mol. The molecule has 1 amide bonds. The number of piperazine rings is 1. The Hall–Kier alpha value is -4.90. The van der Waals surface area contributed by atoms with Crippen molar-refractivity contribution < 1.29 is 23.4 Å². The molecule has 216 valence electrons. The molecule has 11 heteroatoms. The molecule has 6 rings (SSSR count). The van der Waals surface area contributed by atoms with Gasteiger partial charge >= 0.3 is 0 Å². The fourth-order valence-electron chi connectivity index (χ4n) is 4.92. The van der Waals surface area contributed by atoms with Gasteiger partial charge in [0.05, 0.1) is 5.69 Å². The van der Waals surface area contributed by atoms with Crippen molar-refractivity contribution in [3.63, 3.8) is 0 Å². The summed E-state index contributed by atoms with van der Waals surface area (Å²) in [6.45, 7) is 7.24. The van der Waals surface area contributed by atoms with Crippen LogP contribution in [0.4, 0.5) is 27.4 Å². The smallest absolute Gasteiger partial charge is 0.262 e. The van der Waals surface area contributed by atoms with Crippen molar-refractivity contribution in [2.45, 2.75) is 13.8 Å². The van der Waals surface area contributed by atoms with Gasteiger partial charge < -0.3 is 34.6 Å². The standard InChI is InChI=1S/C31H31FN6O4/c1-19-5-4-6-20(2)28(19)35-29(39)23-17-33-31(36-30(23)42-22-8-10-26-27(16-22)41-18-40-26)34-21-7-9-25(24(32)15-21)38-13-11-37(3)12-14-38/h4-10,15-17H,11-14,18H2,1-3H3,(H,35,39)(H,33,34,36). The Morgan fingerprint density at radius 1 is 0.976 bits per heavy atom.